The summed E-state index contributed by atoms with van der Waals surface area (Å²) in [4.78, 5) is 23.4. The number of rotatable bonds is 15. The predicted molar refractivity (Wildman–Crippen MR) is 120 cm³/mol. The molecule has 0 bridgehead atoms. The minimum absolute atomic E-state index is 0.162. The van der Waals surface area contributed by atoms with Gasteiger partial charge in [-0.15, -0.1) is 11.8 Å². The van der Waals surface area contributed by atoms with Crippen molar-refractivity contribution in [1.82, 2.24) is 0 Å². The Balaban J connectivity index is 2.78. The van der Waals surface area contributed by atoms with Gasteiger partial charge in [-0.1, -0.05) is 51.3 Å². The zero-order valence-electron chi connectivity index (χ0n) is 18.1. The van der Waals surface area contributed by atoms with E-state index in [1.54, 1.807) is 13.0 Å². The summed E-state index contributed by atoms with van der Waals surface area (Å²) >= 11 is 1.52. The Morgan fingerprint density at radius 1 is 1.27 bits per heavy atom. The lowest BCUT2D eigenvalue weighted by Crippen LogP contribution is -2.14. The third-order valence-corrected chi connectivity index (χ3v) is 6.19. The lowest BCUT2D eigenvalue weighted by Gasteiger charge is -2.15. The van der Waals surface area contributed by atoms with E-state index < -0.39 is 24.1 Å². The molecule has 1 rings (SSSR count). The van der Waals surface area contributed by atoms with Crippen LogP contribution < -0.4 is 0 Å². The maximum Gasteiger partial charge on any atom is 0.338 e. The third-order valence-electron chi connectivity index (χ3n) is 4.89. The van der Waals surface area contributed by atoms with Crippen LogP contribution in [0.4, 0.5) is 0 Å². The second-order valence-electron chi connectivity index (χ2n) is 7.76. The zero-order chi connectivity index (χ0) is 22.5. The Kier molecular flexibility index (Phi) is 12.7. The van der Waals surface area contributed by atoms with Gasteiger partial charge < -0.3 is 20.1 Å². The van der Waals surface area contributed by atoms with E-state index in [0.717, 1.165) is 42.8 Å². The van der Waals surface area contributed by atoms with Gasteiger partial charge in [0.1, 0.15) is 5.76 Å². The second kappa shape index (κ2) is 14.4. The molecule has 1 aliphatic carbocycles. The first kappa shape index (κ1) is 26.5. The number of aliphatic hydroxyl groups excluding tert-OH is 2. The minimum Gasteiger partial charge on any atom is -0.481 e. The molecule has 6 nitrogen and oxygen atoms in total. The maximum atomic E-state index is 12.0. The highest BCUT2D eigenvalue weighted by Gasteiger charge is 2.34. The van der Waals surface area contributed by atoms with Crippen molar-refractivity contribution in [2.24, 2.45) is 5.92 Å². The van der Waals surface area contributed by atoms with Crippen LogP contribution >= 0.6 is 11.8 Å². The van der Waals surface area contributed by atoms with Crippen molar-refractivity contribution in [2.75, 3.05) is 5.75 Å². The first-order valence-corrected chi connectivity index (χ1v) is 11.7. The summed E-state index contributed by atoms with van der Waals surface area (Å²) in [6.07, 6.45) is 8.70. The molecule has 0 saturated heterocycles. The third kappa shape index (κ3) is 9.96. The van der Waals surface area contributed by atoms with Crippen molar-refractivity contribution >= 4 is 23.7 Å². The highest BCUT2D eigenvalue weighted by molar-refractivity contribution is 8.03. The number of carboxylic acid groups (broad SMARTS) is 1. The molecule has 1 aliphatic rings. The molecule has 7 heteroatoms. The van der Waals surface area contributed by atoms with E-state index in [4.69, 9.17) is 9.84 Å². The smallest absolute Gasteiger partial charge is 0.338 e. The molecular weight excluding hydrogens is 404 g/mol. The van der Waals surface area contributed by atoms with Gasteiger partial charge in [0.2, 0.25) is 0 Å². The number of carbonyl (C=O) groups excluding carboxylic acids is 1. The van der Waals surface area contributed by atoms with Gasteiger partial charge in [-0.2, -0.15) is 0 Å². The monoisotopic (exact) mass is 440 g/mol. The number of ether oxygens (including phenoxy) is 1. The van der Waals surface area contributed by atoms with Crippen LogP contribution in [0.5, 0.6) is 0 Å². The van der Waals surface area contributed by atoms with Crippen molar-refractivity contribution in [2.45, 2.75) is 83.8 Å². The highest BCUT2D eigenvalue weighted by atomic mass is 32.2. The molecule has 0 aliphatic heterocycles. The molecule has 0 heterocycles. The summed E-state index contributed by atoms with van der Waals surface area (Å²) in [5.41, 5.74) is 0.292. The topological polar surface area (TPSA) is 104 Å². The highest BCUT2D eigenvalue weighted by Crippen LogP contribution is 2.41. The molecule has 0 fully saturated rings. The van der Waals surface area contributed by atoms with Crippen molar-refractivity contribution in [3.63, 3.8) is 0 Å². The van der Waals surface area contributed by atoms with E-state index in [-0.39, 0.29) is 18.8 Å². The Morgan fingerprint density at radius 3 is 2.63 bits per heavy atom. The van der Waals surface area contributed by atoms with E-state index in [1.165, 1.54) is 11.8 Å². The molecule has 0 amide bonds. The van der Waals surface area contributed by atoms with Crippen LogP contribution in [0.2, 0.25) is 0 Å². The molecule has 0 aromatic heterocycles. The Labute approximate surface area is 184 Å². The molecule has 0 aromatic carbocycles. The van der Waals surface area contributed by atoms with Crippen LogP contribution in [0, 0.1) is 5.92 Å². The SMILES string of the molecule is C=C(C)C(=O)OC1=C(SCCCCCC(=O)O)[C@@H](C=C[C@@H](O)CCCCC)[C@H](O)C1. The Hall–Kier alpha value is -1.57. The number of esters is 1. The lowest BCUT2D eigenvalue weighted by molar-refractivity contribution is -0.137. The molecule has 0 radical (unpaired) electrons. The van der Waals surface area contributed by atoms with E-state index in [2.05, 4.69) is 13.5 Å². The normalized spacial score (nSPS) is 20.0. The first-order chi connectivity index (χ1) is 14.3. The number of hydrogen-bond donors (Lipinski definition) is 3. The molecule has 0 spiro atoms. The van der Waals surface area contributed by atoms with Gasteiger partial charge in [0.05, 0.1) is 12.2 Å². The van der Waals surface area contributed by atoms with Crippen LogP contribution in [-0.4, -0.2) is 45.2 Å². The van der Waals surface area contributed by atoms with Crippen LogP contribution in [-0.2, 0) is 14.3 Å². The van der Waals surface area contributed by atoms with Gasteiger partial charge >= 0.3 is 11.9 Å². The van der Waals surface area contributed by atoms with Gasteiger partial charge in [0.25, 0.3) is 0 Å². The van der Waals surface area contributed by atoms with Gasteiger partial charge in [-0.3, -0.25) is 4.79 Å². The number of carbonyl (C=O) groups is 2. The number of aliphatic hydroxyl groups is 2. The molecular formula is C23H36O6S. The fourth-order valence-electron chi connectivity index (χ4n) is 3.15. The summed E-state index contributed by atoms with van der Waals surface area (Å²) in [6, 6.07) is 0. The van der Waals surface area contributed by atoms with Crippen molar-refractivity contribution in [3.8, 4) is 0 Å². The molecule has 0 aromatic rings. The standard InChI is InChI=1S/C23H36O6S/c1-4-5-7-10-17(24)12-13-18-19(25)15-20(29-23(28)16(2)3)22(18)30-14-9-6-8-11-21(26)27/h12-13,17-19,24-25H,2,4-11,14-15H2,1,3H3,(H,26,27)/t17-,18-,19+/m0/s1. The van der Waals surface area contributed by atoms with E-state index >= 15 is 0 Å². The number of thioether (sulfide) groups is 1. The van der Waals surface area contributed by atoms with Gasteiger partial charge in [0, 0.05) is 29.2 Å². The van der Waals surface area contributed by atoms with Crippen LogP contribution in [0.15, 0.2) is 35.0 Å². The van der Waals surface area contributed by atoms with Crippen LogP contribution in [0.25, 0.3) is 0 Å². The zero-order valence-corrected chi connectivity index (χ0v) is 19.0. The summed E-state index contributed by atoms with van der Waals surface area (Å²) in [6.45, 7) is 7.29. The van der Waals surface area contributed by atoms with Crippen LogP contribution in [0.1, 0.15) is 71.6 Å². The van der Waals surface area contributed by atoms with Gasteiger partial charge in [-0.05, 0) is 31.9 Å². The fourth-order valence-corrected chi connectivity index (χ4v) is 4.43. The fraction of sp³-hybridized carbons (Fsp3) is 0.652. The second-order valence-corrected chi connectivity index (χ2v) is 8.89. The summed E-state index contributed by atoms with van der Waals surface area (Å²) in [5.74, 6) is -0.440. The summed E-state index contributed by atoms with van der Waals surface area (Å²) in [7, 11) is 0. The molecule has 170 valence electrons. The van der Waals surface area contributed by atoms with Crippen molar-refractivity contribution < 1.29 is 29.6 Å². The predicted octanol–water partition coefficient (Wildman–Crippen LogP) is 4.57. The number of hydrogen-bond acceptors (Lipinski definition) is 6. The number of carboxylic acids is 1. The van der Waals surface area contributed by atoms with E-state index in [0.29, 0.717) is 24.2 Å². The summed E-state index contributed by atoms with van der Waals surface area (Å²) < 4.78 is 5.47. The van der Waals surface area contributed by atoms with Crippen molar-refractivity contribution in [3.05, 3.63) is 35.0 Å². The Bertz CT molecular complexity index is 640. The minimum atomic E-state index is -0.791. The van der Waals surface area contributed by atoms with E-state index in [1.807, 2.05) is 6.08 Å². The maximum absolute atomic E-state index is 12.0. The Morgan fingerprint density at radius 2 is 2.00 bits per heavy atom. The molecule has 3 N–H and O–H groups in total. The largest absolute Gasteiger partial charge is 0.481 e. The quantitative estimate of drug-likeness (QED) is 0.148. The summed E-state index contributed by atoms with van der Waals surface area (Å²) in [5, 5.41) is 29.4. The van der Waals surface area contributed by atoms with Crippen LogP contribution in [0.3, 0.4) is 0 Å². The number of aliphatic carboxylic acids is 1. The van der Waals surface area contributed by atoms with Gasteiger partial charge in [-0.25, -0.2) is 4.79 Å². The number of unbranched alkanes of at least 4 members (excludes halogenated alkanes) is 4. The van der Waals surface area contributed by atoms with Gasteiger partial charge in [0.15, 0.2) is 0 Å². The average Bonchev–Trinajstić information content (AvgIpc) is 2.96. The molecule has 0 unspecified atom stereocenters. The molecule has 30 heavy (non-hydrogen) atoms. The lowest BCUT2D eigenvalue weighted by atomic mass is 10.0. The molecule has 0 saturated carbocycles. The average molecular weight is 441 g/mol. The first-order valence-electron chi connectivity index (χ1n) is 10.8. The molecule has 3 atom stereocenters. The van der Waals surface area contributed by atoms with E-state index in [9.17, 15) is 19.8 Å². The van der Waals surface area contributed by atoms with Crippen molar-refractivity contribution in [1.29, 1.82) is 0 Å².